The summed E-state index contributed by atoms with van der Waals surface area (Å²) < 4.78 is 0. The molecule has 20 heavy (non-hydrogen) atoms. The first-order valence-corrected chi connectivity index (χ1v) is 6.96. The third-order valence-electron chi connectivity index (χ3n) is 3.30. The Labute approximate surface area is 119 Å². The van der Waals surface area contributed by atoms with Gasteiger partial charge in [0.15, 0.2) is 0 Å². The number of piperazine rings is 1. The van der Waals surface area contributed by atoms with Crippen molar-refractivity contribution in [3.63, 3.8) is 0 Å². The van der Waals surface area contributed by atoms with Gasteiger partial charge < -0.3 is 10.4 Å². The lowest BCUT2D eigenvalue weighted by Gasteiger charge is -2.34. The van der Waals surface area contributed by atoms with Gasteiger partial charge in [0.1, 0.15) is 0 Å². The predicted molar refractivity (Wildman–Crippen MR) is 77.4 cm³/mol. The molecule has 0 spiro atoms. The standard InChI is InChI=1S/C14H22N4O2/c1-12(19)10-17-5-7-18(8-6-17)11-14(20)16-13-3-2-4-15-9-13/h2-4,9,12,19H,5-8,10-11H2,1H3,(H,16,20). The van der Waals surface area contributed by atoms with Crippen LogP contribution in [0.1, 0.15) is 6.92 Å². The lowest BCUT2D eigenvalue weighted by Crippen LogP contribution is -2.50. The minimum Gasteiger partial charge on any atom is -0.392 e. The summed E-state index contributed by atoms with van der Waals surface area (Å²) in [5, 5.41) is 12.2. The van der Waals surface area contributed by atoms with E-state index in [1.54, 1.807) is 25.4 Å². The zero-order chi connectivity index (χ0) is 14.4. The maximum atomic E-state index is 11.9. The molecule has 2 heterocycles. The average molecular weight is 278 g/mol. The number of amides is 1. The molecular weight excluding hydrogens is 256 g/mol. The highest BCUT2D eigenvalue weighted by Gasteiger charge is 2.19. The topological polar surface area (TPSA) is 68.7 Å². The van der Waals surface area contributed by atoms with E-state index in [0.29, 0.717) is 13.1 Å². The van der Waals surface area contributed by atoms with E-state index in [2.05, 4.69) is 20.1 Å². The number of aliphatic hydroxyl groups is 1. The third kappa shape index (κ3) is 4.88. The minimum absolute atomic E-state index is 0.0121. The van der Waals surface area contributed by atoms with Gasteiger partial charge in [0.05, 0.1) is 24.5 Å². The van der Waals surface area contributed by atoms with Gasteiger partial charge in [-0.15, -0.1) is 0 Å². The van der Waals surface area contributed by atoms with Crippen LogP contribution in [0.2, 0.25) is 0 Å². The molecule has 110 valence electrons. The Hall–Kier alpha value is -1.50. The molecular formula is C14H22N4O2. The number of nitrogens with zero attached hydrogens (tertiary/aromatic N) is 3. The number of carbonyl (C=O) groups is 1. The third-order valence-corrected chi connectivity index (χ3v) is 3.30. The minimum atomic E-state index is -0.296. The quantitative estimate of drug-likeness (QED) is 0.794. The maximum Gasteiger partial charge on any atom is 0.238 e. The van der Waals surface area contributed by atoms with Crippen molar-refractivity contribution in [2.45, 2.75) is 13.0 Å². The van der Waals surface area contributed by atoms with E-state index in [1.807, 2.05) is 6.07 Å². The summed E-state index contributed by atoms with van der Waals surface area (Å²) in [7, 11) is 0. The summed E-state index contributed by atoms with van der Waals surface area (Å²) in [6, 6.07) is 3.62. The number of nitrogens with one attached hydrogen (secondary N) is 1. The first-order chi connectivity index (χ1) is 9.63. The largest absolute Gasteiger partial charge is 0.392 e. The summed E-state index contributed by atoms with van der Waals surface area (Å²) in [6.45, 7) is 6.40. The zero-order valence-electron chi connectivity index (χ0n) is 11.8. The van der Waals surface area contributed by atoms with Gasteiger partial charge in [-0.2, -0.15) is 0 Å². The summed E-state index contributed by atoms with van der Waals surface area (Å²) in [4.78, 5) is 20.2. The van der Waals surface area contributed by atoms with Gasteiger partial charge in [0.25, 0.3) is 0 Å². The molecule has 2 N–H and O–H groups in total. The van der Waals surface area contributed by atoms with E-state index in [0.717, 1.165) is 31.9 Å². The average Bonchev–Trinajstić information content (AvgIpc) is 2.41. The Bertz CT molecular complexity index is 416. The second-order valence-corrected chi connectivity index (χ2v) is 5.22. The summed E-state index contributed by atoms with van der Waals surface area (Å²) in [5.41, 5.74) is 0.727. The van der Waals surface area contributed by atoms with Crippen LogP contribution in [0.5, 0.6) is 0 Å². The molecule has 1 atom stereocenters. The lowest BCUT2D eigenvalue weighted by molar-refractivity contribution is -0.117. The SMILES string of the molecule is CC(O)CN1CCN(CC(=O)Nc2cccnc2)CC1. The first-order valence-electron chi connectivity index (χ1n) is 6.96. The Morgan fingerprint density at radius 1 is 1.40 bits per heavy atom. The number of anilines is 1. The van der Waals surface area contributed by atoms with Crippen molar-refractivity contribution in [2.24, 2.45) is 0 Å². The summed E-state index contributed by atoms with van der Waals surface area (Å²) in [5.74, 6) is -0.0121. The van der Waals surface area contributed by atoms with Crippen LogP contribution >= 0.6 is 0 Å². The molecule has 1 saturated heterocycles. The van der Waals surface area contributed by atoms with Gasteiger partial charge in [0, 0.05) is 38.9 Å². The molecule has 0 aromatic carbocycles. The monoisotopic (exact) mass is 278 g/mol. The number of β-amino-alcohol motifs (C(OH)–C–C–N with tert-alkyl or cyclic N) is 1. The second kappa shape index (κ2) is 7.33. The van der Waals surface area contributed by atoms with Gasteiger partial charge in [-0.05, 0) is 19.1 Å². The Balaban J connectivity index is 1.71. The number of hydrogen-bond acceptors (Lipinski definition) is 5. The van der Waals surface area contributed by atoms with Crippen molar-refractivity contribution in [1.82, 2.24) is 14.8 Å². The number of aromatic nitrogens is 1. The highest BCUT2D eigenvalue weighted by atomic mass is 16.3. The molecule has 6 nitrogen and oxygen atoms in total. The molecule has 2 rings (SSSR count). The zero-order valence-corrected chi connectivity index (χ0v) is 11.8. The molecule has 0 radical (unpaired) electrons. The van der Waals surface area contributed by atoms with E-state index in [4.69, 9.17) is 0 Å². The number of aliphatic hydroxyl groups excluding tert-OH is 1. The Morgan fingerprint density at radius 3 is 2.70 bits per heavy atom. The first kappa shape index (κ1) is 14.9. The molecule has 1 fully saturated rings. The fraction of sp³-hybridized carbons (Fsp3) is 0.571. The molecule has 0 aliphatic carbocycles. The van der Waals surface area contributed by atoms with E-state index < -0.39 is 0 Å². The van der Waals surface area contributed by atoms with E-state index in [-0.39, 0.29) is 12.0 Å². The van der Waals surface area contributed by atoms with Crippen molar-refractivity contribution < 1.29 is 9.90 Å². The van der Waals surface area contributed by atoms with Crippen LogP contribution in [0.15, 0.2) is 24.5 Å². The van der Waals surface area contributed by atoms with Crippen molar-refractivity contribution >= 4 is 11.6 Å². The normalized spacial score (nSPS) is 18.7. The van der Waals surface area contributed by atoms with Crippen molar-refractivity contribution in [1.29, 1.82) is 0 Å². The molecule has 1 aliphatic heterocycles. The highest BCUT2D eigenvalue weighted by Crippen LogP contribution is 2.05. The van der Waals surface area contributed by atoms with Crippen LogP contribution in [0.3, 0.4) is 0 Å². The van der Waals surface area contributed by atoms with Crippen LogP contribution < -0.4 is 5.32 Å². The number of carbonyl (C=O) groups excluding carboxylic acids is 1. The predicted octanol–water partition coefficient (Wildman–Crippen LogP) is 0.0185. The van der Waals surface area contributed by atoms with Crippen molar-refractivity contribution in [3.8, 4) is 0 Å². The second-order valence-electron chi connectivity index (χ2n) is 5.22. The van der Waals surface area contributed by atoms with Crippen LogP contribution in [0, 0.1) is 0 Å². The van der Waals surface area contributed by atoms with Crippen molar-refractivity contribution in [3.05, 3.63) is 24.5 Å². The van der Waals surface area contributed by atoms with Crippen LogP contribution in [0.4, 0.5) is 5.69 Å². The number of rotatable bonds is 5. The van der Waals surface area contributed by atoms with Crippen LogP contribution in [-0.2, 0) is 4.79 Å². The fourth-order valence-electron chi connectivity index (χ4n) is 2.34. The molecule has 1 amide bonds. The van der Waals surface area contributed by atoms with E-state index >= 15 is 0 Å². The van der Waals surface area contributed by atoms with Gasteiger partial charge >= 0.3 is 0 Å². The molecule has 1 aromatic rings. The lowest BCUT2D eigenvalue weighted by atomic mass is 10.2. The van der Waals surface area contributed by atoms with E-state index in [9.17, 15) is 9.90 Å². The highest BCUT2D eigenvalue weighted by molar-refractivity contribution is 5.92. The fourth-order valence-corrected chi connectivity index (χ4v) is 2.34. The van der Waals surface area contributed by atoms with Gasteiger partial charge in [-0.25, -0.2) is 0 Å². The maximum absolute atomic E-state index is 11.9. The molecule has 6 heteroatoms. The van der Waals surface area contributed by atoms with E-state index in [1.165, 1.54) is 0 Å². The molecule has 0 bridgehead atoms. The molecule has 1 aliphatic rings. The van der Waals surface area contributed by atoms with Gasteiger partial charge in [-0.3, -0.25) is 19.6 Å². The molecule has 0 saturated carbocycles. The van der Waals surface area contributed by atoms with Gasteiger partial charge in [0.2, 0.25) is 5.91 Å². The number of pyridine rings is 1. The summed E-state index contributed by atoms with van der Waals surface area (Å²) >= 11 is 0. The smallest absolute Gasteiger partial charge is 0.238 e. The summed E-state index contributed by atoms with van der Waals surface area (Å²) in [6.07, 6.45) is 3.02. The Kier molecular flexibility index (Phi) is 5.46. The molecule has 1 unspecified atom stereocenters. The molecule has 1 aromatic heterocycles. The van der Waals surface area contributed by atoms with Crippen LogP contribution in [-0.4, -0.2) is 71.2 Å². The van der Waals surface area contributed by atoms with Crippen molar-refractivity contribution in [2.75, 3.05) is 44.6 Å². The van der Waals surface area contributed by atoms with Crippen LogP contribution in [0.25, 0.3) is 0 Å². The number of hydrogen-bond donors (Lipinski definition) is 2. The van der Waals surface area contributed by atoms with Gasteiger partial charge in [-0.1, -0.05) is 0 Å². The Morgan fingerprint density at radius 2 is 2.10 bits per heavy atom.